The van der Waals surface area contributed by atoms with Gasteiger partial charge in [0.25, 0.3) is 0 Å². The summed E-state index contributed by atoms with van der Waals surface area (Å²) in [5.41, 5.74) is 8.00. The Hall–Kier alpha value is -4.46. The number of rotatable bonds is 5. The molecule has 0 radical (unpaired) electrons. The molecule has 0 fully saturated rings. The van der Waals surface area contributed by atoms with Crippen molar-refractivity contribution in [3.63, 3.8) is 0 Å². The Labute approximate surface area is 185 Å². The van der Waals surface area contributed by atoms with Crippen LogP contribution in [-0.4, -0.2) is 65.2 Å². The zero-order valence-electron chi connectivity index (χ0n) is 17.0. The number of fused-ring (bicyclic) bond motifs is 2. The number of nitrogens with two attached hydrogens (primary N) is 1. The molecule has 0 bridgehead atoms. The third kappa shape index (κ3) is 3.83. The van der Waals surface area contributed by atoms with Gasteiger partial charge in [-0.25, -0.2) is 14.5 Å². The van der Waals surface area contributed by atoms with E-state index in [4.69, 9.17) is 10.4 Å². The first-order valence-corrected chi connectivity index (χ1v) is 9.88. The molecular formula is C19H17BN8O5. The van der Waals surface area contributed by atoms with Gasteiger partial charge in [0.1, 0.15) is 23.8 Å². The quantitative estimate of drug-likeness (QED) is 0.252. The number of para-hydroxylation sites is 1. The van der Waals surface area contributed by atoms with Crippen LogP contribution in [0.1, 0.15) is 15.9 Å². The molecule has 1 aliphatic rings. The topological polar surface area (TPSA) is 194 Å². The van der Waals surface area contributed by atoms with Gasteiger partial charge < -0.3 is 25.8 Å². The van der Waals surface area contributed by atoms with E-state index in [0.717, 1.165) is 0 Å². The second kappa shape index (κ2) is 7.91. The van der Waals surface area contributed by atoms with Crippen LogP contribution in [0.5, 0.6) is 5.75 Å². The van der Waals surface area contributed by atoms with Gasteiger partial charge in [0.2, 0.25) is 5.91 Å². The number of nitrogen functional groups attached to an aromatic ring is 1. The van der Waals surface area contributed by atoms with E-state index >= 15 is 0 Å². The van der Waals surface area contributed by atoms with Crippen molar-refractivity contribution in [2.24, 2.45) is 0 Å². The van der Waals surface area contributed by atoms with E-state index in [1.165, 1.54) is 10.7 Å². The number of carbonyl (C=O) groups is 2. The first-order chi connectivity index (χ1) is 15.9. The smallest absolute Gasteiger partial charge is 0.534 e. The fraction of sp³-hybridized carbons (Fsp3) is 0.158. The highest BCUT2D eigenvalue weighted by Crippen LogP contribution is 2.30. The van der Waals surface area contributed by atoms with Crippen molar-refractivity contribution in [3.05, 3.63) is 47.8 Å². The molecule has 4 aromatic rings. The third-order valence-electron chi connectivity index (χ3n) is 5.28. The molecule has 1 aromatic carbocycles. The Balaban J connectivity index is 1.27. The highest BCUT2D eigenvalue weighted by molar-refractivity contribution is 6.47. The molecule has 6 N–H and O–H groups in total. The van der Waals surface area contributed by atoms with Crippen LogP contribution >= 0.6 is 0 Å². The fourth-order valence-corrected chi connectivity index (χ4v) is 3.68. The zero-order chi connectivity index (χ0) is 23.1. The summed E-state index contributed by atoms with van der Waals surface area (Å²) in [7, 11) is -1.40. The highest BCUT2D eigenvalue weighted by atomic mass is 16.5. The standard InChI is InChI=1S/C19H17BN8O5/c21-17-12-4-10(6-22-18(12)26-25-17)13-7-28(27-24-13)8-15(29)23-14-5-9-2-1-3-11(19(30)31)16(9)33-20(14)32/h1-4,6-7,14,32H,5,8H2,(H,23,29)(H,30,31)(H3,21,22,25,26)/t14-/m0/s1. The number of carboxylic acids is 1. The lowest BCUT2D eigenvalue weighted by molar-refractivity contribution is -0.122. The number of carbonyl (C=O) groups excluding carboxylic acids is 1. The number of pyridine rings is 1. The predicted molar refractivity (Wildman–Crippen MR) is 115 cm³/mol. The van der Waals surface area contributed by atoms with Crippen molar-refractivity contribution in [2.45, 2.75) is 18.9 Å². The Morgan fingerprint density at radius 3 is 3.06 bits per heavy atom. The summed E-state index contributed by atoms with van der Waals surface area (Å²) in [4.78, 5) is 28.1. The van der Waals surface area contributed by atoms with Crippen molar-refractivity contribution in [1.29, 1.82) is 0 Å². The Bertz CT molecular complexity index is 1390. The van der Waals surface area contributed by atoms with Gasteiger partial charge in [0, 0.05) is 11.8 Å². The predicted octanol–water partition coefficient (Wildman–Crippen LogP) is -0.364. The minimum atomic E-state index is -1.40. The number of amides is 1. The van der Waals surface area contributed by atoms with Crippen molar-refractivity contribution in [3.8, 4) is 17.0 Å². The van der Waals surface area contributed by atoms with Gasteiger partial charge in [-0.3, -0.25) is 9.89 Å². The van der Waals surface area contributed by atoms with E-state index in [-0.39, 0.29) is 24.3 Å². The summed E-state index contributed by atoms with van der Waals surface area (Å²) in [6.45, 7) is -0.151. The molecule has 3 aromatic heterocycles. The second-order valence-corrected chi connectivity index (χ2v) is 7.52. The molecule has 5 rings (SSSR count). The number of aromatic amines is 1. The summed E-state index contributed by atoms with van der Waals surface area (Å²) in [6, 6.07) is 6.44. The lowest BCUT2D eigenvalue weighted by Gasteiger charge is -2.28. The maximum absolute atomic E-state index is 12.5. The molecule has 1 atom stereocenters. The van der Waals surface area contributed by atoms with Crippen LogP contribution in [0.15, 0.2) is 36.7 Å². The third-order valence-corrected chi connectivity index (χ3v) is 5.28. The van der Waals surface area contributed by atoms with E-state index < -0.39 is 24.9 Å². The molecule has 13 nitrogen and oxygen atoms in total. The number of hydrogen-bond donors (Lipinski definition) is 5. The average molecular weight is 448 g/mol. The van der Waals surface area contributed by atoms with E-state index in [2.05, 4.69) is 30.8 Å². The van der Waals surface area contributed by atoms with Crippen molar-refractivity contribution < 1.29 is 24.4 Å². The number of benzene rings is 1. The zero-order valence-corrected chi connectivity index (χ0v) is 17.0. The molecule has 166 valence electrons. The number of aromatic carboxylic acids is 1. The average Bonchev–Trinajstić information content (AvgIpc) is 3.40. The lowest BCUT2D eigenvalue weighted by atomic mass is 9.72. The molecule has 4 heterocycles. The van der Waals surface area contributed by atoms with E-state index in [1.54, 1.807) is 30.6 Å². The monoisotopic (exact) mass is 448 g/mol. The molecule has 1 aliphatic heterocycles. The normalized spacial score (nSPS) is 15.2. The van der Waals surface area contributed by atoms with Crippen molar-refractivity contribution in [2.75, 3.05) is 5.73 Å². The first kappa shape index (κ1) is 20.4. The molecular weight excluding hydrogens is 431 g/mol. The summed E-state index contributed by atoms with van der Waals surface area (Å²) >= 11 is 0. The minimum Gasteiger partial charge on any atom is -0.534 e. The minimum absolute atomic E-state index is 0.0451. The van der Waals surface area contributed by atoms with Crippen LogP contribution in [-0.2, 0) is 17.8 Å². The van der Waals surface area contributed by atoms with Crippen LogP contribution in [0.2, 0.25) is 0 Å². The number of nitrogens with zero attached hydrogens (tertiary/aromatic N) is 5. The molecule has 0 unspecified atom stereocenters. The number of H-pyrrole nitrogens is 1. The number of aromatic nitrogens is 6. The van der Waals surface area contributed by atoms with E-state index in [0.29, 0.717) is 33.7 Å². The molecule has 0 saturated carbocycles. The molecule has 14 heteroatoms. The van der Waals surface area contributed by atoms with Crippen LogP contribution in [0, 0.1) is 0 Å². The molecule has 0 spiro atoms. The van der Waals surface area contributed by atoms with Gasteiger partial charge in [-0.2, -0.15) is 5.10 Å². The summed E-state index contributed by atoms with van der Waals surface area (Å²) < 4.78 is 6.74. The first-order valence-electron chi connectivity index (χ1n) is 9.88. The molecule has 0 aliphatic carbocycles. The Kier molecular flexibility index (Phi) is 4.90. The maximum atomic E-state index is 12.5. The van der Waals surface area contributed by atoms with Gasteiger partial charge in [0.05, 0.1) is 23.1 Å². The van der Waals surface area contributed by atoms with Crippen LogP contribution < -0.4 is 15.7 Å². The fourth-order valence-electron chi connectivity index (χ4n) is 3.68. The van der Waals surface area contributed by atoms with Gasteiger partial charge in [-0.1, -0.05) is 17.3 Å². The van der Waals surface area contributed by atoms with Crippen molar-refractivity contribution in [1.82, 2.24) is 35.5 Å². The number of nitrogens with one attached hydrogen (secondary N) is 2. The van der Waals surface area contributed by atoms with Crippen LogP contribution in [0.4, 0.5) is 5.82 Å². The Morgan fingerprint density at radius 2 is 2.24 bits per heavy atom. The number of carboxylic acid groups (broad SMARTS) is 1. The van der Waals surface area contributed by atoms with Gasteiger partial charge >= 0.3 is 13.1 Å². The van der Waals surface area contributed by atoms with Gasteiger partial charge in [-0.15, -0.1) is 5.10 Å². The largest absolute Gasteiger partial charge is 0.547 e. The molecule has 33 heavy (non-hydrogen) atoms. The summed E-state index contributed by atoms with van der Waals surface area (Å²) in [5, 5.41) is 37.6. The van der Waals surface area contributed by atoms with Gasteiger partial charge in [-0.05, 0) is 24.1 Å². The van der Waals surface area contributed by atoms with Crippen molar-refractivity contribution >= 4 is 35.8 Å². The number of anilines is 1. The molecule has 1 amide bonds. The summed E-state index contributed by atoms with van der Waals surface area (Å²) in [6.07, 6.45) is 3.38. The van der Waals surface area contributed by atoms with E-state index in [1.807, 2.05) is 0 Å². The number of hydrogen-bond acceptors (Lipinski definition) is 9. The molecule has 0 saturated heterocycles. The van der Waals surface area contributed by atoms with E-state index in [9.17, 15) is 19.7 Å². The second-order valence-electron chi connectivity index (χ2n) is 7.52. The van der Waals surface area contributed by atoms with Gasteiger partial charge in [0.15, 0.2) is 5.65 Å². The van der Waals surface area contributed by atoms with Crippen LogP contribution in [0.25, 0.3) is 22.3 Å². The summed E-state index contributed by atoms with van der Waals surface area (Å²) in [5.74, 6) is -1.85. The maximum Gasteiger partial charge on any atom is 0.547 e. The highest BCUT2D eigenvalue weighted by Gasteiger charge is 2.37. The Morgan fingerprint density at radius 1 is 1.39 bits per heavy atom. The van der Waals surface area contributed by atoms with Crippen LogP contribution in [0.3, 0.4) is 0 Å². The lowest BCUT2D eigenvalue weighted by Crippen LogP contribution is -2.53. The SMILES string of the molecule is Nc1[nH]nc2ncc(-c3cn(CC(=O)N[C@H]4Cc5cccc(C(=O)O)c5OB4O)nn3)cc12.